The molecular weight excluding hydrogens is 250 g/mol. The zero-order valence-corrected chi connectivity index (χ0v) is 5.77. The predicted octanol–water partition coefficient (Wildman–Crippen LogP) is 0.407. The summed E-state index contributed by atoms with van der Waals surface area (Å²) in [7, 11) is 0. The molecule has 0 bridgehead atoms. The Morgan fingerprint density at radius 2 is 2.33 bits per heavy atom. The Kier molecular flexibility index (Phi) is 3.01. The molecule has 0 aliphatic carbocycles. The van der Waals surface area contributed by atoms with Gasteiger partial charge in [-0.25, -0.2) is 4.98 Å². The molecule has 0 spiro atoms. The normalized spacial score (nSPS) is 6.67. The van der Waals surface area contributed by atoms with Crippen molar-refractivity contribution in [1.29, 1.82) is 0 Å². The van der Waals surface area contributed by atoms with Crippen LogP contribution in [-0.4, -0.2) is 9.97 Å². The number of H-pyrrole nitrogens is 1. The molecule has 0 atom stereocenters. The zero-order valence-electron chi connectivity index (χ0n) is 3.06. The van der Waals surface area contributed by atoms with E-state index in [0.717, 1.165) is 0 Å². The maximum atomic E-state index is 3.67. The van der Waals surface area contributed by atoms with Crippen LogP contribution in [0.25, 0.3) is 0 Å². The van der Waals surface area contributed by atoms with Crippen molar-refractivity contribution >= 4 is 0 Å². The maximum absolute atomic E-state index is 3.67. The van der Waals surface area contributed by atoms with Crippen LogP contribution in [0.3, 0.4) is 0 Å². The summed E-state index contributed by atoms with van der Waals surface area (Å²) in [6.45, 7) is 0. The van der Waals surface area contributed by atoms with Gasteiger partial charge in [0.05, 0.1) is 6.33 Å². The average molecular weight is 254 g/mol. The van der Waals surface area contributed by atoms with E-state index in [1.165, 1.54) is 0 Å². The van der Waals surface area contributed by atoms with E-state index in [1.807, 2.05) is 0 Å². The van der Waals surface area contributed by atoms with Crippen molar-refractivity contribution in [2.75, 3.05) is 0 Å². The standard InChI is InChI=1S/C3H4N2.Re/c1-2-5-3-4-1;/h1-3H,(H,4,5);. The quantitative estimate of drug-likeness (QED) is 0.713. The largest absolute Gasteiger partial charge is 0.351 e. The van der Waals surface area contributed by atoms with Crippen molar-refractivity contribution in [2.24, 2.45) is 0 Å². The molecule has 1 aromatic heterocycles. The van der Waals surface area contributed by atoms with Crippen LogP contribution < -0.4 is 0 Å². The maximum Gasteiger partial charge on any atom is 0.0919 e. The van der Waals surface area contributed by atoms with Crippen molar-refractivity contribution in [3.8, 4) is 0 Å². The molecule has 0 aliphatic rings. The molecule has 33 valence electrons. The van der Waals surface area contributed by atoms with E-state index in [1.54, 1.807) is 18.7 Å². The first-order chi connectivity index (χ1) is 2.50. The first-order valence-electron chi connectivity index (χ1n) is 1.43. The van der Waals surface area contributed by atoms with Gasteiger partial charge in [0.25, 0.3) is 0 Å². The molecule has 6 heavy (non-hydrogen) atoms. The molecule has 1 rings (SSSR count). The van der Waals surface area contributed by atoms with E-state index in [4.69, 9.17) is 0 Å². The molecule has 0 aliphatic heterocycles. The fourth-order valence-electron chi connectivity index (χ4n) is 0.215. The van der Waals surface area contributed by atoms with Gasteiger partial charge < -0.3 is 4.98 Å². The Bertz CT molecular complexity index is 65.3. The first-order valence-corrected chi connectivity index (χ1v) is 1.43. The van der Waals surface area contributed by atoms with Crippen LogP contribution in [0.1, 0.15) is 0 Å². The number of aromatic nitrogens is 2. The Balaban J connectivity index is 0.000000250. The molecule has 0 unspecified atom stereocenters. The molecule has 0 saturated heterocycles. The summed E-state index contributed by atoms with van der Waals surface area (Å²) < 4.78 is 0. The minimum absolute atomic E-state index is 0. The van der Waals surface area contributed by atoms with Gasteiger partial charge in [-0.2, -0.15) is 0 Å². The molecule has 1 N–H and O–H groups in total. The number of nitrogens with one attached hydrogen (secondary N) is 1. The number of hydrogen-bond donors (Lipinski definition) is 1. The monoisotopic (exact) mass is 255 g/mol. The fourth-order valence-corrected chi connectivity index (χ4v) is 0.215. The van der Waals surface area contributed by atoms with Gasteiger partial charge in [0.2, 0.25) is 0 Å². The minimum Gasteiger partial charge on any atom is -0.351 e. The van der Waals surface area contributed by atoms with E-state index in [-0.39, 0.29) is 20.4 Å². The van der Waals surface area contributed by atoms with Crippen LogP contribution in [-0.2, 0) is 20.4 Å². The second kappa shape index (κ2) is 3.08. The third-order valence-corrected chi connectivity index (χ3v) is 0.406. The zero-order chi connectivity index (χ0) is 3.54. The van der Waals surface area contributed by atoms with E-state index in [0.29, 0.717) is 0 Å². The van der Waals surface area contributed by atoms with Crippen molar-refractivity contribution in [2.45, 2.75) is 0 Å². The molecule has 0 fully saturated rings. The molecule has 2 nitrogen and oxygen atoms in total. The molecule has 1 heterocycles. The molecular formula is C3H4N2Re. The summed E-state index contributed by atoms with van der Waals surface area (Å²) in [5.74, 6) is 0. The first kappa shape index (κ1) is 5.87. The molecule has 1 aromatic rings. The second-order valence-electron chi connectivity index (χ2n) is 0.761. The Labute approximate surface area is 49.6 Å². The van der Waals surface area contributed by atoms with Crippen molar-refractivity contribution in [3.63, 3.8) is 0 Å². The van der Waals surface area contributed by atoms with Crippen LogP contribution >= 0.6 is 0 Å². The third kappa shape index (κ3) is 1.35. The van der Waals surface area contributed by atoms with Gasteiger partial charge in [0, 0.05) is 32.8 Å². The van der Waals surface area contributed by atoms with Gasteiger partial charge in [0.15, 0.2) is 0 Å². The second-order valence-corrected chi connectivity index (χ2v) is 0.761. The molecule has 0 saturated carbocycles. The van der Waals surface area contributed by atoms with Crippen LogP contribution in [0.2, 0.25) is 0 Å². The van der Waals surface area contributed by atoms with Gasteiger partial charge in [-0.05, 0) is 0 Å². The Hall–Kier alpha value is -0.128. The smallest absolute Gasteiger partial charge is 0.0919 e. The molecule has 0 amide bonds. The van der Waals surface area contributed by atoms with E-state index in [2.05, 4.69) is 9.97 Å². The minimum atomic E-state index is 0. The van der Waals surface area contributed by atoms with Gasteiger partial charge >= 0.3 is 0 Å². The molecule has 0 aromatic carbocycles. The van der Waals surface area contributed by atoms with E-state index >= 15 is 0 Å². The van der Waals surface area contributed by atoms with Gasteiger partial charge in [-0.15, -0.1) is 0 Å². The van der Waals surface area contributed by atoms with Crippen LogP contribution in [0.5, 0.6) is 0 Å². The topological polar surface area (TPSA) is 28.7 Å². The summed E-state index contributed by atoms with van der Waals surface area (Å²) in [5.41, 5.74) is 0. The van der Waals surface area contributed by atoms with Crippen molar-refractivity contribution < 1.29 is 20.4 Å². The predicted molar refractivity (Wildman–Crippen MR) is 18.6 cm³/mol. The van der Waals surface area contributed by atoms with Crippen molar-refractivity contribution in [3.05, 3.63) is 18.7 Å². The number of imidazole rings is 1. The summed E-state index contributed by atoms with van der Waals surface area (Å²) in [6.07, 6.45) is 5.08. The van der Waals surface area contributed by atoms with Crippen LogP contribution in [0.15, 0.2) is 18.7 Å². The number of nitrogens with zero attached hydrogens (tertiary/aromatic N) is 1. The molecule has 3 heteroatoms. The third-order valence-electron chi connectivity index (χ3n) is 0.406. The SMILES string of the molecule is [Re].c1c[nH]cn1. The van der Waals surface area contributed by atoms with Crippen LogP contribution in [0, 0.1) is 0 Å². The average Bonchev–Trinajstić information content (AvgIpc) is 1.76. The number of rotatable bonds is 0. The van der Waals surface area contributed by atoms with Gasteiger partial charge in [0.1, 0.15) is 0 Å². The fraction of sp³-hybridized carbons (Fsp3) is 0. The molecule has 1 radical (unpaired) electrons. The summed E-state index contributed by atoms with van der Waals surface area (Å²) in [5, 5.41) is 0. The Morgan fingerprint density at radius 3 is 2.50 bits per heavy atom. The number of hydrogen-bond acceptors (Lipinski definition) is 1. The summed E-state index contributed by atoms with van der Waals surface area (Å²) in [6, 6.07) is 0. The Morgan fingerprint density at radius 1 is 1.50 bits per heavy atom. The van der Waals surface area contributed by atoms with Crippen molar-refractivity contribution in [1.82, 2.24) is 9.97 Å². The van der Waals surface area contributed by atoms with Gasteiger partial charge in [-0.1, -0.05) is 0 Å². The summed E-state index contributed by atoms with van der Waals surface area (Å²) >= 11 is 0. The summed E-state index contributed by atoms with van der Waals surface area (Å²) in [4.78, 5) is 6.42. The van der Waals surface area contributed by atoms with E-state index < -0.39 is 0 Å². The van der Waals surface area contributed by atoms with Crippen LogP contribution in [0.4, 0.5) is 0 Å². The van der Waals surface area contributed by atoms with E-state index in [9.17, 15) is 0 Å². The van der Waals surface area contributed by atoms with Gasteiger partial charge in [-0.3, -0.25) is 0 Å². The number of aromatic amines is 1.